The van der Waals surface area contributed by atoms with Crippen molar-refractivity contribution >= 4 is 33.0 Å². The fourth-order valence-corrected chi connectivity index (χ4v) is 3.88. The first-order valence-electron chi connectivity index (χ1n) is 7.80. The molecule has 1 aromatic carbocycles. The number of benzene rings is 1. The number of hydrogen-bond donors (Lipinski definition) is 1. The quantitative estimate of drug-likeness (QED) is 0.922. The Labute approximate surface area is 130 Å². The number of carbonyl (C=O) groups is 1. The maximum absolute atomic E-state index is 12.6. The van der Waals surface area contributed by atoms with Gasteiger partial charge in [0.15, 0.2) is 0 Å². The summed E-state index contributed by atoms with van der Waals surface area (Å²) in [5.41, 5.74) is 0.910. The van der Waals surface area contributed by atoms with Gasteiger partial charge in [-0.25, -0.2) is 0 Å². The van der Waals surface area contributed by atoms with E-state index in [1.54, 1.807) is 11.3 Å². The summed E-state index contributed by atoms with van der Waals surface area (Å²) < 4.78 is 1.26. The molecule has 3 rings (SSSR count). The number of nitrogens with zero attached hydrogens (tertiary/aromatic N) is 1. The van der Waals surface area contributed by atoms with Gasteiger partial charge in [0.2, 0.25) is 5.91 Å². The second-order valence-electron chi connectivity index (χ2n) is 5.71. The van der Waals surface area contributed by atoms with Gasteiger partial charge in [0, 0.05) is 10.4 Å². The average Bonchev–Trinajstić information content (AvgIpc) is 2.95. The highest BCUT2D eigenvalue weighted by atomic mass is 32.1. The van der Waals surface area contributed by atoms with Crippen LogP contribution in [0.25, 0.3) is 10.1 Å². The molecule has 4 heteroatoms. The van der Waals surface area contributed by atoms with Crippen LogP contribution in [-0.4, -0.2) is 29.9 Å². The highest BCUT2D eigenvalue weighted by molar-refractivity contribution is 7.17. The molecule has 21 heavy (non-hydrogen) atoms. The Balaban J connectivity index is 1.71. The molecule has 1 N–H and O–H groups in total. The van der Waals surface area contributed by atoms with E-state index >= 15 is 0 Å². The lowest BCUT2D eigenvalue weighted by Crippen LogP contribution is -2.47. The maximum Gasteiger partial charge on any atom is 0.241 e. The zero-order valence-corrected chi connectivity index (χ0v) is 13.3. The van der Waals surface area contributed by atoms with Gasteiger partial charge in [0.05, 0.1) is 6.04 Å². The van der Waals surface area contributed by atoms with Gasteiger partial charge in [-0.15, -0.1) is 11.3 Å². The smallest absolute Gasteiger partial charge is 0.241 e. The van der Waals surface area contributed by atoms with E-state index in [0.29, 0.717) is 0 Å². The lowest BCUT2D eigenvalue weighted by molar-refractivity contribution is -0.122. The molecule has 0 aliphatic carbocycles. The first kappa shape index (κ1) is 14.5. The number of piperidine rings is 1. The summed E-state index contributed by atoms with van der Waals surface area (Å²) >= 11 is 1.73. The van der Waals surface area contributed by atoms with Crippen LogP contribution in [0.15, 0.2) is 29.6 Å². The average molecular weight is 302 g/mol. The third kappa shape index (κ3) is 3.27. The lowest BCUT2D eigenvalue weighted by atomic mass is 10.0. The summed E-state index contributed by atoms with van der Waals surface area (Å²) in [5.74, 6) is 0.151. The van der Waals surface area contributed by atoms with Crippen molar-refractivity contribution in [3.05, 3.63) is 29.6 Å². The van der Waals surface area contributed by atoms with Crippen LogP contribution in [0.3, 0.4) is 0 Å². The fraction of sp³-hybridized carbons (Fsp3) is 0.471. The summed E-state index contributed by atoms with van der Waals surface area (Å²) in [6.07, 6.45) is 4.45. The third-order valence-corrected chi connectivity index (χ3v) is 5.04. The molecule has 1 atom stereocenters. The molecule has 2 aromatic rings. The predicted molar refractivity (Wildman–Crippen MR) is 90.0 cm³/mol. The Kier molecular flexibility index (Phi) is 4.56. The van der Waals surface area contributed by atoms with Crippen molar-refractivity contribution in [1.82, 2.24) is 4.90 Å². The summed E-state index contributed by atoms with van der Waals surface area (Å²) in [4.78, 5) is 14.9. The van der Waals surface area contributed by atoms with Gasteiger partial charge in [0.1, 0.15) is 0 Å². The minimum Gasteiger partial charge on any atom is -0.325 e. The monoisotopic (exact) mass is 302 g/mol. The molecular weight excluding hydrogens is 280 g/mol. The van der Waals surface area contributed by atoms with E-state index in [9.17, 15) is 4.79 Å². The minimum absolute atomic E-state index is 0.0388. The number of rotatable bonds is 4. The van der Waals surface area contributed by atoms with Crippen LogP contribution >= 0.6 is 11.3 Å². The molecule has 1 aromatic heterocycles. The Bertz CT molecular complexity index is 620. The Morgan fingerprint density at radius 3 is 3.14 bits per heavy atom. The molecule has 1 unspecified atom stereocenters. The first-order chi connectivity index (χ1) is 10.3. The molecule has 112 valence electrons. The molecule has 1 amide bonds. The Morgan fingerprint density at radius 2 is 2.29 bits per heavy atom. The number of hydrogen-bond acceptors (Lipinski definition) is 3. The van der Waals surface area contributed by atoms with Crippen molar-refractivity contribution in [2.24, 2.45) is 0 Å². The van der Waals surface area contributed by atoms with Gasteiger partial charge in [-0.05, 0) is 67.4 Å². The van der Waals surface area contributed by atoms with Crippen molar-refractivity contribution in [3.8, 4) is 0 Å². The van der Waals surface area contributed by atoms with Gasteiger partial charge in [-0.1, -0.05) is 13.3 Å². The van der Waals surface area contributed by atoms with Crippen LogP contribution < -0.4 is 5.32 Å². The van der Waals surface area contributed by atoms with Crippen molar-refractivity contribution in [2.75, 3.05) is 18.4 Å². The highest BCUT2D eigenvalue weighted by Gasteiger charge is 2.27. The van der Waals surface area contributed by atoms with E-state index in [1.165, 1.54) is 16.5 Å². The van der Waals surface area contributed by atoms with E-state index in [0.717, 1.165) is 38.0 Å². The third-order valence-electron chi connectivity index (χ3n) is 4.15. The molecule has 0 saturated carbocycles. The van der Waals surface area contributed by atoms with Crippen molar-refractivity contribution in [1.29, 1.82) is 0 Å². The van der Waals surface area contributed by atoms with Crippen LogP contribution in [0.4, 0.5) is 5.69 Å². The first-order valence-corrected chi connectivity index (χ1v) is 8.68. The maximum atomic E-state index is 12.6. The molecule has 1 aliphatic rings. The minimum atomic E-state index is 0.0388. The zero-order valence-electron chi connectivity index (χ0n) is 12.5. The van der Waals surface area contributed by atoms with Crippen molar-refractivity contribution < 1.29 is 4.79 Å². The second-order valence-corrected chi connectivity index (χ2v) is 6.66. The van der Waals surface area contributed by atoms with E-state index < -0.39 is 0 Å². The van der Waals surface area contributed by atoms with Gasteiger partial charge in [-0.2, -0.15) is 0 Å². The van der Waals surface area contributed by atoms with Crippen LogP contribution in [0.1, 0.15) is 32.6 Å². The highest BCUT2D eigenvalue weighted by Crippen LogP contribution is 2.25. The molecule has 0 spiro atoms. The standard InChI is InChI=1S/C17H22N2OS/c1-2-9-19-10-4-3-5-15(19)17(20)18-14-6-7-16-13(12-14)8-11-21-16/h6-8,11-12,15H,2-5,9-10H2,1H3,(H,18,20). The van der Waals surface area contributed by atoms with Crippen LogP contribution in [0, 0.1) is 0 Å². The molecule has 1 saturated heterocycles. The molecule has 0 bridgehead atoms. The number of anilines is 1. The number of likely N-dealkylation sites (tertiary alicyclic amines) is 1. The van der Waals surface area contributed by atoms with Crippen LogP contribution in [0.5, 0.6) is 0 Å². The number of amides is 1. The largest absolute Gasteiger partial charge is 0.325 e. The Hall–Kier alpha value is -1.39. The second kappa shape index (κ2) is 6.58. The van der Waals surface area contributed by atoms with E-state index in [2.05, 4.69) is 40.7 Å². The van der Waals surface area contributed by atoms with E-state index in [4.69, 9.17) is 0 Å². The number of nitrogens with one attached hydrogen (secondary N) is 1. The number of fused-ring (bicyclic) bond motifs is 1. The predicted octanol–water partition coefficient (Wildman–Crippen LogP) is 4.10. The topological polar surface area (TPSA) is 32.3 Å². The number of carbonyl (C=O) groups excluding carboxylic acids is 1. The summed E-state index contributed by atoms with van der Waals surface area (Å²) in [6, 6.07) is 8.29. The van der Waals surface area contributed by atoms with Gasteiger partial charge >= 0.3 is 0 Å². The molecule has 1 aliphatic heterocycles. The fourth-order valence-electron chi connectivity index (χ4n) is 3.11. The van der Waals surface area contributed by atoms with Crippen LogP contribution in [0.2, 0.25) is 0 Å². The Morgan fingerprint density at radius 1 is 1.38 bits per heavy atom. The molecule has 1 fully saturated rings. The van der Waals surface area contributed by atoms with Crippen molar-refractivity contribution in [2.45, 2.75) is 38.6 Å². The van der Waals surface area contributed by atoms with Gasteiger partial charge < -0.3 is 5.32 Å². The lowest BCUT2D eigenvalue weighted by Gasteiger charge is -2.34. The number of thiophene rings is 1. The summed E-state index contributed by atoms with van der Waals surface area (Å²) in [6.45, 7) is 4.24. The molecule has 0 radical (unpaired) electrons. The SMILES string of the molecule is CCCN1CCCCC1C(=O)Nc1ccc2sccc2c1. The van der Waals surface area contributed by atoms with Gasteiger partial charge in [0.25, 0.3) is 0 Å². The van der Waals surface area contributed by atoms with Crippen LogP contribution in [-0.2, 0) is 4.79 Å². The molecular formula is C17H22N2OS. The molecule has 2 heterocycles. The summed E-state index contributed by atoms with van der Waals surface area (Å²) in [5, 5.41) is 6.39. The zero-order chi connectivity index (χ0) is 14.7. The van der Waals surface area contributed by atoms with Gasteiger partial charge in [-0.3, -0.25) is 9.69 Å². The summed E-state index contributed by atoms with van der Waals surface area (Å²) in [7, 11) is 0. The van der Waals surface area contributed by atoms with Crippen molar-refractivity contribution in [3.63, 3.8) is 0 Å². The normalized spacial score (nSPS) is 19.8. The van der Waals surface area contributed by atoms with E-state index in [-0.39, 0.29) is 11.9 Å². The van der Waals surface area contributed by atoms with E-state index in [1.807, 2.05) is 6.07 Å². The molecule has 3 nitrogen and oxygen atoms in total.